The fraction of sp³-hybridized carbons (Fsp3) is 0.750. The highest BCUT2D eigenvalue weighted by molar-refractivity contribution is 5.34. The van der Waals surface area contributed by atoms with Crippen molar-refractivity contribution < 1.29 is 9.84 Å². The van der Waals surface area contributed by atoms with Crippen LogP contribution in [0, 0.1) is 12.3 Å². The molecular weight excluding hydrogens is 238 g/mol. The van der Waals surface area contributed by atoms with Crippen molar-refractivity contribution in [3.05, 3.63) is 23.0 Å². The summed E-state index contributed by atoms with van der Waals surface area (Å²) in [4.78, 5) is 0. The van der Waals surface area contributed by atoms with Gasteiger partial charge in [0.1, 0.15) is 0 Å². The SMILES string of the molecule is COC1CC(n2c(C)cc3c2CC(C)(C)CC3O)C1. The summed E-state index contributed by atoms with van der Waals surface area (Å²) in [6, 6.07) is 2.75. The number of hydrogen-bond donors (Lipinski definition) is 1. The van der Waals surface area contributed by atoms with Crippen molar-refractivity contribution >= 4 is 0 Å². The second-order valence-corrected chi connectivity index (χ2v) is 7.10. The average Bonchev–Trinajstić information content (AvgIpc) is 2.54. The fourth-order valence-corrected chi connectivity index (χ4v) is 3.81. The third-order valence-electron chi connectivity index (χ3n) is 4.89. The van der Waals surface area contributed by atoms with Gasteiger partial charge in [0, 0.05) is 30.1 Å². The van der Waals surface area contributed by atoms with Crippen LogP contribution in [-0.4, -0.2) is 22.9 Å². The van der Waals surface area contributed by atoms with E-state index in [2.05, 4.69) is 31.4 Å². The summed E-state index contributed by atoms with van der Waals surface area (Å²) in [6.07, 6.45) is 4.28. The zero-order chi connectivity index (χ0) is 13.8. The molecule has 19 heavy (non-hydrogen) atoms. The number of rotatable bonds is 2. The lowest BCUT2D eigenvalue weighted by atomic mass is 9.75. The molecule has 1 heterocycles. The van der Waals surface area contributed by atoms with E-state index in [1.54, 1.807) is 7.11 Å². The largest absolute Gasteiger partial charge is 0.388 e. The summed E-state index contributed by atoms with van der Waals surface area (Å²) < 4.78 is 7.86. The highest BCUT2D eigenvalue weighted by atomic mass is 16.5. The first-order valence-electron chi connectivity index (χ1n) is 7.33. The van der Waals surface area contributed by atoms with Crippen LogP contribution in [0.4, 0.5) is 0 Å². The summed E-state index contributed by atoms with van der Waals surface area (Å²) in [6.45, 7) is 6.67. The Kier molecular flexibility index (Phi) is 3.02. The first-order chi connectivity index (χ1) is 8.91. The monoisotopic (exact) mass is 263 g/mol. The second-order valence-electron chi connectivity index (χ2n) is 7.10. The number of nitrogens with zero attached hydrogens (tertiary/aromatic N) is 1. The molecule has 1 aromatic rings. The lowest BCUT2D eigenvalue weighted by Gasteiger charge is -2.40. The van der Waals surface area contributed by atoms with Crippen molar-refractivity contribution in [1.29, 1.82) is 0 Å². The van der Waals surface area contributed by atoms with E-state index in [1.165, 1.54) is 11.4 Å². The van der Waals surface area contributed by atoms with Crippen molar-refractivity contribution in [1.82, 2.24) is 4.57 Å². The summed E-state index contributed by atoms with van der Waals surface area (Å²) in [5, 5.41) is 10.4. The number of aromatic nitrogens is 1. The number of methoxy groups -OCH3 is 1. The Morgan fingerprint density at radius 2 is 2.05 bits per heavy atom. The van der Waals surface area contributed by atoms with E-state index in [0.717, 1.165) is 31.2 Å². The third-order valence-corrected chi connectivity index (χ3v) is 4.89. The molecular formula is C16H25NO2. The maximum atomic E-state index is 10.4. The molecule has 1 N–H and O–H groups in total. The predicted molar refractivity (Wildman–Crippen MR) is 75.3 cm³/mol. The van der Waals surface area contributed by atoms with Gasteiger partial charge in [0.05, 0.1) is 12.2 Å². The van der Waals surface area contributed by atoms with Crippen molar-refractivity contribution in [2.45, 2.75) is 64.7 Å². The van der Waals surface area contributed by atoms with Crippen molar-refractivity contribution in [2.24, 2.45) is 5.41 Å². The molecule has 3 nitrogen and oxygen atoms in total. The average molecular weight is 263 g/mol. The fourth-order valence-electron chi connectivity index (χ4n) is 3.81. The van der Waals surface area contributed by atoms with Gasteiger partial charge < -0.3 is 14.4 Å². The van der Waals surface area contributed by atoms with E-state index in [0.29, 0.717) is 12.1 Å². The van der Waals surface area contributed by atoms with E-state index in [9.17, 15) is 5.11 Å². The Bertz CT molecular complexity index is 483. The molecule has 2 aliphatic carbocycles. The first kappa shape index (κ1) is 13.2. The van der Waals surface area contributed by atoms with Gasteiger partial charge in [-0.05, 0) is 44.1 Å². The highest BCUT2D eigenvalue weighted by Gasteiger charge is 2.38. The molecule has 1 atom stereocenters. The van der Waals surface area contributed by atoms with Crippen LogP contribution in [0.1, 0.15) is 62.2 Å². The summed E-state index contributed by atoms with van der Waals surface area (Å²) >= 11 is 0. The van der Waals surface area contributed by atoms with E-state index in [-0.39, 0.29) is 11.5 Å². The number of hydrogen-bond acceptors (Lipinski definition) is 2. The van der Waals surface area contributed by atoms with E-state index in [1.807, 2.05) is 0 Å². The van der Waals surface area contributed by atoms with Gasteiger partial charge in [-0.15, -0.1) is 0 Å². The van der Waals surface area contributed by atoms with E-state index in [4.69, 9.17) is 4.74 Å². The van der Waals surface area contributed by atoms with Crippen LogP contribution in [0.3, 0.4) is 0 Å². The quantitative estimate of drug-likeness (QED) is 0.889. The molecule has 0 spiro atoms. The number of aliphatic hydroxyl groups is 1. The maximum Gasteiger partial charge on any atom is 0.0812 e. The molecule has 0 aromatic carbocycles. The first-order valence-corrected chi connectivity index (χ1v) is 7.33. The van der Waals surface area contributed by atoms with Crippen molar-refractivity contribution in [3.8, 4) is 0 Å². The molecule has 3 heteroatoms. The van der Waals surface area contributed by atoms with Crippen LogP contribution in [0.5, 0.6) is 0 Å². The Labute approximate surface area is 115 Å². The number of aliphatic hydroxyl groups excluding tert-OH is 1. The molecule has 1 unspecified atom stereocenters. The lowest BCUT2D eigenvalue weighted by molar-refractivity contribution is 0.00379. The number of fused-ring (bicyclic) bond motifs is 1. The lowest BCUT2D eigenvalue weighted by Crippen LogP contribution is -2.35. The van der Waals surface area contributed by atoms with Gasteiger partial charge in [0.25, 0.3) is 0 Å². The molecule has 2 aliphatic rings. The predicted octanol–water partition coefficient (Wildman–Crippen LogP) is 3.15. The summed E-state index contributed by atoms with van der Waals surface area (Å²) in [5.74, 6) is 0. The van der Waals surface area contributed by atoms with E-state index < -0.39 is 0 Å². The molecule has 106 valence electrons. The summed E-state index contributed by atoms with van der Waals surface area (Å²) in [5.41, 5.74) is 4.01. The van der Waals surface area contributed by atoms with Crippen LogP contribution < -0.4 is 0 Å². The molecule has 0 amide bonds. The maximum absolute atomic E-state index is 10.4. The zero-order valence-corrected chi connectivity index (χ0v) is 12.4. The molecule has 0 bridgehead atoms. The van der Waals surface area contributed by atoms with Crippen molar-refractivity contribution in [2.75, 3.05) is 7.11 Å². The van der Waals surface area contributed by atoms with Crippen LogP contribution in [-0.2, 0) is 11.2 Å². The van der Waals surface area contributed by atoms with Crippen LogP contribution in [0.25, 0.3) is 0 Å². The van der Waals surface area contributed by atoms with Crippen LogP contribution >= 0.6 is 0 Å². The molecule has 1 saturated carbocycles. The minimum Gasteiger partial charge on any atom is -0.388 e. The Balaban J connectivity index is 1.94. The molecule has 0 saturated heterocycles. The van der Waals surface area contributed by atoms with Crippen LogP contribution in [0.2, 0.25) is 0 Å². The second kappa shape index (κ2) is 4.35. The Morgan fingerprint density at radius 1 is 1.37 bits per heavy atom. The Hall–Kier alpha value is -0.800. The summed E-state index contributed by atoms with van der Waals surface area (Å²) in [7, 11) is 1.80. The van der Waals surface area contributed by atoms with Gasteiger partial charge >= 0.3 is 0 Å². The zero-order valence-electron chi connectivity index (χ0n) is 12.4. The normalized spacial score (nSPS) is 32.8. The smallest absolute Gasteiger partial charge is 0.0812 e. The highest BCUT2D eigenvalue weighted by Crippen LogP contribution is 2.45. The molecule has 3 rings (SSSR count). The minimum absolute atomic E-state index is 0.194. The minimum atomic E-state index is -0.294. The number of ether oxygens (including phenoxy) is 1. The third kappa shape index (κ3) is 2.13. The number of aryl methyl sites for hydroxylation is 1. The van der Waals surface area contributed by atoms with Gasteiger partial charge in [-0.25, -0.2) is 0 Å². The Morgan fingerprint density at radius 3 is 2.68 bits per heavy atom. The molecule has 1 fully saturated rings. The molecule has 1 aromatic heterocycles. The van der Waals surface area contributed by atoms with Gasteiger partial charge in [-0.3, -0.25) is 0 Å². The van der Waals surface area contributed by atoms with Gasteiger partial charge in [-0.2, -0.15) is 0 Å². The van der Waals surface area contributed by atoms with Gasteiger partial charge in [-0.1, -0.05) is 13.8 Å². The van der Waals surface area contributed by atoms with Gasteiger partial charge in [0.2, 0.25) is 0 Å². The van der Waals surface area contributed by atoms with Crippen LogP contribution in [0.15, 0.2) is 6.07 Å². The van der Waals surface area contributed by atoms with Crippen molar-refractivity contribution in [3.63, 3.8) is 0 Å². The van der Waals surface area contributed by atoms with E-state index >= 15 is 0 Å². The van der Waals surface area contributed by atoms with Gasteiger partial charge in [0.15, 0.2) is 0 Å². The molecule has 0 aliphatic heterocycles. The topological polar surface area (TPSA) is 34.4 Å². The standard InChI is InChI=1S/C16H25NO2/c1-10-5-13-14(8-16(2,3)9-15(13)18)17(10)11-6-12(7-11)19-4/h5,11-12,15,18H,6-9H2,1-4H3. The molecule has 0 radical (unpaired) electrons.